The summed E-state index contributed by atoms with van der Waals surface area (Å²) in [5.41, 5.74) is 3.32. The Bertz CT molecular complexity index is 833. The second-order valence-electron chi connectivity index (χ2n) is 4.86. The molecule has 0 fully saturated rings. The third-order valence-corrected chi connectivity index (χ3v) is 3.48. The van der Waals surface area contributed by atoms with Crippen LogP contribution >= 0.6 is 0 Å². The van der Waals surface area contributed by atoms with E-state index in [4.69, 9.17) is 4.84 Å². The van der Waals surface area contributed by atoms with Gasteiger partial charge in [-0.25, -0.2) is 5.06 Å². The molecule has 0 saturated carbocycles. The average molecular weight is 293 g/mol. The highest BCUT2D eigenvalue weighted by Crippen LogP contribution is 2.23. The summed E-state index contributed by atoms with van der Waals surface area (Å²) in [7, 11) is 3.04. The van der Waals surface area contributed by atoms with Crippen LogP contribution in [-0.4, -0.2) is 35.1 Å². The summed E-state index contributed by atoms with van der Waals surface area (Å²) in [4.78, 5) is 25.6. The molecule has 0 bridgehead atoms. The first-order valence-corrected chi connectivity index (χ1v) is 6.81. The van der Waals surface area contributed by atoms with Gasteiger partial charge in [-0.2, -0.15) is 0 Å². The van der Waals surface area contributed by atoms with Gasteiger partial charge in [0.1, 0.15) is 0 Å². The maximum Gasteiger partial charge on any atom is 0.277 e. The van der Waals surface area contributed by atoms with Gasteiger partial charge in [-0.05, 0) is 29.8 Å². The molecule has 22 heavy (non-hydrogen) atoms. The van der Waals surface area contributed by atoms with Crippen LogP contribution in [0.1, 0.15) is 10.4 Å². The van der Waals surface area contributed by atoms with Crippen LogP contribution in [0.3, 0.4) is 0 Å². The number of hydrogen-bond acceptors (Lipinski definition) is 4. The van der Waals surface area contributed by atoms with Gasteiger partial charge in [0.2, 0.25) is 0 Å². The van der Waals surface area contributed by atoms with Crippen LogP contribution < -0.4 is 0 Å². The number of benzene rings is 1. The quantitative estimate of drug-likeness (QED) is 0.697. The van der Waals surface area contributed by atoms with Crippen molar-refractivity contribution in [3.8, 4) is 11.1 Å². The van der Waals surface area contributed by atoms with Crippen molar-refractivity contribution in [3.05, 3.63) is 60.6 Å². The van der Waals surface area contributed by atoms with Gasteiger partial charge >= 0.3 is 0 Å². The second kappa shape index (κ2) is 5.91. The molecule has 110 valence electrons. The summed E-state index contributed by atoms with van der Waals surface area (Å²) in [6, 6.07) is 11.3. The number of pyridine rings is 2. The van der Waals surface area contributed by atoms with Crippen LogP contribution in [0.5, 0.6) is 0 Å². The molecule has 0 aliphatic rings. The van der Waals surface area contributed by atoms with E-state index in [1.165, 1.54) is 12.2 Å². The molecule has 0 atom stereocenters. The second-order valence-corrected chi connectivity index (χ2v) is 4.86. The highest BCUT2D eigenvalue weighted by molar-refractivity contribution is 5.95. The van der Waals surface area contributed by atoms with Gasteiger partial charge in [0, 0.05) is 42.2 Å². The fraction of sp³-hybridized carbons (Fsp3) is 0.118. The standard InChI is InChI=1S/C17H15N3O2/c1-20(22-2)17(21)13-5-3-4-12(8-13)14-9-15-10-18-7-6-16(15)19-11-14/h3-11H,1-2H3. The number of fused-ring (bicyclic) bond motifs is 1. The topological polar surface area (TPSA) is 55.3 Å². The summed E-state index contributed by atoms with van der Waals surface area (Å²) in [6.07, 6.45) is 5.29. The van der Waals surface area contributed by atoms with E-state index in [2.05, 4.69) is 9.97 Å². The largest absolute Gasteiger partial charge is 0.277 e. The van der Waals surface area contributed by atoms with Crippen molar-refractivity contribution in [3.63, 3.8) is 0 Å². The van der Waals surface area contributed by atoms with Crippen LogP contribution in [0.4, 0.5) is 0 Å². The first kappa shape index (κ1) is 14.2. The molecular formula is C17H15N3O2. The Morgan fingerprint density at radius 1 is 1.14 bits per heavy atom. The number of carbonyl (C=O) groups is 1. The van der Waals surface area contributed by atoms with E-state index in [9.17, 15) is 4.79 Å². The summed E-state index contributed by atoms with van der Waals surface area (Å²) in [5.74, 6) is -0.195. The molecule has 5 nitrogen and oxygen atoms in total. The van der Waals surface area contributed by atoms with E-state index in [-0.39, 0.29) is 5.91 Å². The lowest BCUT2D eigenvalue weighted by Gasteiger charge is -2.14. The fourth-order valence-electron chi connectivity index (χ4n) is 2.23. The van der Waals surface area contributed by atoms with Gasteiger partial charge in [-0.15, -0.1) is 0 Å². The van der Waals surface area contributed by atoms with Crippen LogP contribution in [0.25, 0.3) is 22.0 Å². The predicted octanol–water partition coefficient (Wildman–Crippen LogP) is 2.93. The predicted molar refractivity (Wildman–Crippen MR) is 84.1 cm³/mol. The van der Waals surface area contributed by atoms with Gasteiger partial charge in [0.05, 0.1) is 12.6 Å². The number of rotatable bonds is 3. The number of nitrogens with zero attached hydrogens (tertiary/aromatic N) is 3. The smallest absolute Gasteiger partial charge is 0.274 e. The Morgan fingerprint density at radius 2 is 2.00 bits per heavy atom. The third kappa shape index (κ3) is 2.66. The van der Waals surface area contributed by atoms with Crippen molar-refractivity contribution in [2.75, 3.05) is 14.2 Å². The Morgan fingerprint density at radius 3 is 2.82 bits per heavy atom. The maximum absolute atomic E-state index is 12.1. The average Bonchev–Trinajstić information content (AvgIpc) is 2.60. The molecule has 0 unspecified atom stereocenters. The normalized spacial score (nSPS) is 10.6. The van der Waals surface area contributed by atoms with E-state index in [1.54, 1.807) is 31.7 Å². The molecule has 0 aliphatic heterocycles. The van der Waals surface area contributed by atoms with Crippen molar-refractivity contribution in [1.82, 2.24) is 15.0 Å². The molecule has 3 rings (SSSR count). The molecule has 0 aliphatic carbocycles. The number of amides is 1. The molecule has 1 aromatic carbocycles. The molecule has 5 heteroatoms. The summed E-state index contributed by atoms with van der Waals surface area (Å²) >= 11 is 0. The Balaban J connectivity index is 2.01. The van der Waals surface area contributed by atoms with E-state index < -0.39 is 0 Å². The summed E-state index contributed by atoms with van der Waals surface area (Å²) in [5, 5.41) is 2.16. The van der Waals surface area contributed by atoms with Gasteiger partial charge in [0.25, 0.3) is 5.91 Å². The monoisotopic (exact) mass is 293 g/mol. The third-order valence-electron chi connectivity index (χ3n) is 3.48. The first-order chi connectivity index (χ1) is 10.7. The molecular weight excluding hydrogens is 278 g/mol. The first-order valence-electron chi connectivity index (χ1n) is 6.81. The van der Waals surface area contributed by atoms with Crippen molar-refractivity contribution in [1.29, 1.82) is 0 Å². The Hall–Kier alpha value is -2.79. The van der Waals surface area contributed by atoms with Crippen molar-refractivity contribution >= 4 is 16.8 Å². The highest BCUT2D eigenvalue weighted by Gasteiger charge is 2.12. The van der Waals surface area contributed by atoms with Gasteiger partial charge in [0.15, 0.2) is 0 Å². The molecule has 0 saturated heterocycles. The van der Waals surface area contributed by atoms with E-state index >= 15 is 0 Å². The Kier molecular flexibility index (Phi) is 3.80. The van der Waals surface area contributed by atoms with Gasteiger partial charge in [-0.3, -0.25) is 19.6 Å². The van der Waals surface area contributed by atoms with E-state index in [0.717, 1.165) is 22.0 Å². The molecule has 0 N–H and O–H groups in total. The van der Waals surface area contributed by atoms with E-state index in [0.29, 0.717) is 5.56 Å². The molecule has 3 aromatic rings. The van der Waals surface area contributed by atoms with E-state index in [1.807, 2.05) is 30.3 Å². The lowest BCUT2D eigenvalue weighted by atomic mass is 10.0. The fourth-order valence-corrected chi connectivity index (χ4v) is 2.23. The SMILES string of the molecule is CON(C)C(=O)c1cccc(-c2cnc3ccncc3c2)c1. The zero-order valence-electron chi connectivity index (χ0n) is 12.4. The molecule has 0 spiro atoms. The summed E-state index contributed by atoms with van der Waals surface area (Å²) in [6.45, 7) is 0. The number of aromatic nitrogens is 2. The van der Waals surface area contributed by atoms with Gasteiger partial charge in [-0.1, -0.05) is 12.1 Å². The zero-order chi connectivity index (χ0) is 15.5. The molecule has 1 amide bonds. The summed E-state index contributed by atoms with van der Waals surface area (Å²) < 4.78 is 0. The minimum Gasteiger partial charge on any atom is -0.274 e. The maximum atomic E-state index is 12.1. The molecule has 0 radical (unpaired) electrons. The number of carbonyl (C=O) groups excluding carboxylic acids is 1. The minimum absolute atomic E-state index is 0.195. The zero-order valence-corrected chi connectivity index (χ0v) is 12.4. The van der Waals surface area contributed by atoms with Crippen LogP contribution in [0.2, 0.25) is 0 Å². The van der Waals surface area contributed by atoms with Gasteiger partial charge < -0.3 is 0 Å². The lowest BCUT2D eigenvalue weighted by molar-refractivity contribution is -0.0756. The molecule has 2 heterocycles. The highest BCUT2D eigenvalue weighted by atomic mass is 16.7. The van der Waals surface area contributed by atoms with Crippen molar-refractivity contribution < 1.29 is 9.63 Å². The van der Waals surface area contributed by atoms with Crippen LogP contribution in [0, 0.1) is 0 Å². The molecule has 2 aromatic heterocycles. The number of hydrogen-bond donors (Lipinski definition) is 0. The minimum atomic E-state index is -0.195. The lowest BCUT2D eigenvalue weighted by Crippen LogP contribution is -2.25. The Labute approximate surface area is 128 Å². The van der Waals surface area contributed by atoms with Crippen molar-refractivity contribution in [2.45, 2.75) is 0 Å². The number of hydroxylamine groups is 2. The van der Waals surface area contributed by atoms with Crippen LogP contribution in [0.15, 0.2) is 55.0 Å². The van der Waals surface area contributed by atoms with Crippen LogP contribution in [-0.2, 0) is 4.84 Å². The van der Waals surface area contributed by atoms with Crippen molar-refractivity contribution in [2.24, 2.45) is 0 Å².